The van der Waals surface area contributed by atoms with E-state index >= 15 is 0 Å². The van der Waals surface area contributed by atoms with E-state index in [1.807, 2.05) is 0 Å². The van der Waals surface area contributed by atoms with Gasteiger partial charge in [-0.3, -0.25) is 11.5 Å². The standard InChI is InChI=1S/C6H12N2/c7-5-2-1-3-6(8)4-5/h5-8H,1-4H2. The molecular formula is C6H12N2. The molecule has 1 fully saturated rings. The van der Waals surface area contributed by atoms with Gasteiger partial charge in [0.25, 0.3) is 0 Å². The van der Waals surface area contributed by atoms with Crippen molar-refractivity contribution in [2.75, 3.05) is 0 Å². The van der Waals surface area contributed by atoms with Crippen LogP contribution in [-0.2, 0) is 0 Å². The molecule has 8 heavy (non-hydrogen) atoms. The molecule has 2 heteroatoms. The highest BCUT2D eigenvalue weighted by Crippen LogP contribution is 2.16. The van der Waals surface area contributed by atoms with Crippen molar-refractivity contribution in [3.8, 4) is 0 Å². The quantitative estimate of drug-likeness (QED) is 0.446. The minimum absolute atomic E-state index is 0.0752. The lowest BCUT2D eigenvalue weighted by atomic mass is 9.92. The smallest absolute Gasteiger partial charge is 0.0228 e. The molecule has 46 valence electrons. The third-order valence-electron chi connectivity index (χ3n) is 1.67. The minimum Gasteiger partial charge on any atom is -0.254 e. The van der Waals surface area contributed by atoms with Crippen molar-refractivity contribution < 1.29 is 0 Å². The molecule has 2 radical (unpaired) electrons. The maximum atomic E-state index is 7.28. The number of hydrogen-bond donors (Lipinski definition) is 0. The Hall–Kier alpha value is -0.0800. The Labute approximate surface area is 50.2 Å². The minimum atomic E-state index is 0.0752. The van der Waals surface area contributed by atoms with E-state index in [9.17, 15) is 0 Å². The van der Waals surface area contributed by atoms with Gasteiger partial charge in [-0.25, -0.2) is 0 Å². The lowest BCUT2D eigenvalue weighted by molar-refractivity contribution is 0.378. The van der Waals surface area contributed by atoms with Crippen LogP contribution in [-0.4, -0.2) is 12.1 Å². The highest BCUT2D eigenvalue weighted by atomic mass is 14.7. The summed E-state index contributed by atoms with van der Waals surface area (Å²) in [7, 11) is 0. The van der Waals surface area contributed by atoms with Crippen molar-refractivity contribution in [2.24, 2.45) is 0 Å². The Morgan fingerprint density at radius 2 is 1.50 bits per heavy atom. The molecule has 0 aliphatic heterocycles. The largest absolute Gasteiger partial charge is 0.254 e. The number of nitrogens with one attached hydrogen (secondary N) is 2. The van der Waals surface area contributed by atoms with E-state index in [4.69, 9.17) is 11.5 Å². The predicted octanol–water partition coefficient (Wildman–Crippen LogP) is 0.863. The molecule has 1 aliphatic rings. The normalized spacial score (nSPS) is 39.8. The van der Waals surface area contributed by atoms with Gasteiger partial charge in [0.15, 0.2) is 0 Å². The summed E-state index contributed by atoms with van der Waals surface area (Å²) in [6, 6.07) is 0.150. The average molecular weight is 112 g/mol. The molecule has 2 unspecified atom stereocenters. The average Bonchev–Trinajstić information content (AvgIpc) is 1.64. The van der Waals surface area contributed by atoms with E-state index in [0.29, 0.717) is 0 Å². The molecular weight excluding hydrogens is 100 g/mol. The summed E-state index contributed by atoms with van der Waals surface area (Å²) in [6.45, 7) is 0. The molecule has 0 aromatic carbocycles. The molecule has 0 spiro atoms. The lowest BCUT2D eigenvalue weighted by Gasteiger charge is -2.21. The fourth-order valence-electron chi connectivity index (χ4n) is 1.19. The Morgan fingerprint density at radius 3 is 1.75 bits per heavy atom. The molecule has 2 atom stereocenters. The van der Waals surface area contributed by atoms with E-state index in [2.05, 4.69) is 0 Å². The second-order valence-electron chi connectivity index (χ2n) is 2.56. The van der Waals surface area contributed by atoms with Crippen molar-refractivity contribution in [3.63, 3.8) is 0 Å². The second kappa shape index (κ2) is 2.46. The topological polar surface area (TPSA) is 47.6 Å². The molecule has 1 rings (SSSR count). The fraction of sp³-hybridized carbons (Fsp3) is 1.00. The van der Waals surface area contributed by atoms with Crippen molar-refractivity contribution in [1.82, 2.24) is 11.5 Å². The van der Waals surface area contributed by atoms with Crippen molar-refractivity contribution >= 4 is 0 Å². The molecule has 0 amide bonds. The zero-order valence-corrected chi connectivity index (χ0v) is 4.98. The van der Waals surface area contributed by atoms with Crippen molar-refractivity contribution in [1.29, 1.82) is 0 Å². The summed E-state index contributed by atoms with van der Waals surface area (Å²) in [6.07, 6.45) is 3.95. The van der Waals surface area contributed by atoms with Gasteiger partial charge in [-0.05, 0) is 19.3 Å². The number of hydrogen-bond acceptors (Lipinski definition) is 0. The predicted molar refractivity (Wildman–Crippen MR) is 32.2 cm³/mol. The van der Waals surface area contributed by atoms with Crippen LogP contribution in [0.15, 0.2) is 0 Å². The van der Waals surface area contributed by atoms with Gasteiger partial charge >= 0.3 is 0 Å². The van der Waals surface area contributed by atoms with Gasteiger partial charge in [-0.2, -0.15) is 0 Å². The Morgan fingerprint density at radius 1 is 1.00 bits per heavy atom. The van der Waals surface area contributed by atoms with E-state index in [1.54, 1.807) is 0 Å². The van der Waals surface area contributed by atoms with Crippen LogP contribution in [0, 0.1) is 0 Å². The lowest BCUT2D eigenvalue weighted by Crippen LogP contribution is -2.25. The SMILES string of the molecule is [NH]C1CCCC([NH])C1. The van der Waals surface area contributed by atoms with Crippen LogP contribution in [0.2, 0.25) is 0 Å². The van der Waals surface area contributed by atoms with E-state index < -0.39 is 0 Å². The van der Waals surface area contributed by atoms with Crippen molar-refractivity contribution in [3.05, 3.63) is 0 Å². The van der Waals surface area contributed by atoms with Gasteiger partial charge in [-0.15, -0.1) is 0 Å². The Bertz CT molecular complexity index is 64.9. The summed E-state index contributed by atoms with van der Waals surface area (Å²) in [5.41, 5.74) is 14.6. The Kier molecular flexibility index (Phi) is 1.86. The van der Waals surface area contributed by atoms with Crippen LogP contribution in [0.4, 0.5) is 0 Å². The highest BCUT2D eigenvalue weighted by molar-refractivity contribution is 4.75. The van der Waals surface area contributed by atoms with Crippen LogP contribution in [0.3, 0.4) is 0 Å². The maximum absolute atomic E-state index is 7.28. The van der Waals surface area contributed by atoms with Crippen LogP contribution < -0.4 is 11.5 Å². The van der Waals surface area contributed by atoms with Crippen LogP contribution >= 0.6 is 0 Å². The third kappa shape index (κ3) is 1.46. The van der Waals surface area contributed by atoms with Gasteiger partial charge in [-0.1, -0.05) is 6.42 Å². The van der Waals surface area contributed by atoms with Crippen LogP contribution in [0.25, 0.3) is 0 Å². The number of rotatable bonds is 0. The molecule has 0 saturated heterocycles. The van der Waals surface area contributed by atoms with E-state index in [1.165, 1.54) is 0 Å². The van der Waals surface area contributed by atoms with Gasteiger partial charge in [0.05, 0.1) is 0 Å². The molecule has 2 N–H and O–H groups in total. The van der Waals surface area contributed by atoms with Crippen LogP contribution in [0.5, 0.6) is 0 Å². The molecule has 0 aromatic heterocycles. The first kappa shape index (κ1) is 6.05. The fourth-order valence-corrected chi connectivity index (χ4v) is 1.19. The van der Waals surface area contributed by atoms with Crippen LogP contribution in [0.1, 0.15) is 25.7 Å². The summed E-state index contributed by atoms with van der Waals surface area (Å²) >= 11 is 0. The van der Waals surface area contributed by atoms with E-state index in [-0.39, 0.29) is 12.1 Å². The molecule has 1 saturated carbocycles. The summed E-state index contributed by atoms with van der Waals surface area (Å²) < 4.78 is 0. The monoisotopic (exact) mass is 112 g/mol. The first-order chi connectivity index (χ1) is 3.79. The summed E-state index contributed by atoms with van der Waals surface area (Å²) in [5, 5.41) is 0. The maximum Gasteiger partial charge on any atom is 0.0228 e. The zero-order valence-electron chi connectivity index (χ0n) is 4.98. The third-order valence-corrected chi connectivity index (χ3v) is 1.67. The van der Waals surface area contributed by atoms with E-state index in [0.717, 1.165) is 25.7 Å². The Balaban J connectivity index is 2.23. The van der Waals surface area contributed by atoms with Crippen molar-refractivity contribution in [2.45, 2.75) is 37.8 Å². The molecule has 1 aliphatic carbocycles. The zero-order chi connectivity index (χ0) is 5.98. The van der Waals surface area contributed by atoms with Gasteiger partial charge in [0, 0.05) is 12.1 Å². The molecule has 0 heterocycles. The first-order valence-electron chi connectivity index (χ1n) is 3.21. The van der Waals surface area contributed by atoms with Gasteiger partial charge < -0.3 is 0 Å². The molecule has 2 nitrogen and oxygen atoms in total. The molecule has 0 aromatic rings. The summed E-state index contributed by atoms with van der Waals surface area (Å²) in [4.78, 5) is 0. The van der Waals surface area contributed by atoms with Gasteiger partial charge in [0.2, 0.25) is 0 Å². The first-order valence-corrected chi connectivity index (χ1v) is 3.21. The summed E-state index contributed by atoms with van der Waals surface area (Å²) in [5.74, 6) is 0. The highest BCUT2D eigenvalue weighted by Gasteiger charge is 2.15. The second-order valence-corrected chi connectivity index (χ2v) is 2.56. The molecule has 0 bridgehead atoms. The van der Waals surface area contributed by atoms with Gasteiger partial charge in [0.1, 0.15) is 0 Å².